The summed E-state index contributed by atoms with van der Waals surface area (Å²) in [6.45, 7) is 6.20. The van der Waals surface area contributed by atoms with E-state index < -0.39 is 6.10 Å². The van der Waals surface area contributed by atoms with Gasteiger partial charge in [0.2, 0.25) is 0 Å². The van der Waals surface area contributed by atoms with Gasteiger partial charge in [0, 0.05) is 19.3 Å². The number of allylic oxidation sites excluding steroid dienone is 30. The van der Waals surface area contributed by atoms with Crippen molar-refractivity contribution in [3.63, 3.8) is 0 Å². The standard InChI is InChI=1S/C71H108O6/c1-4-7-10-13-16-19-22-25-27-29-30-31-32-33-34-35-36-37-38-39-40-42-43-46-49-52-55-58-61-64-70(73)76-67-68(66-75-69(72)63-60-57-54-51-48-45-24-21-18-15-12-9-6-3)77-71(74)65-62-59-56-53-50-47-44-41-28-26-23-20-17-14-11-8-5-2/h7-12,16-21,25-28,30-31,33-34,36-37,39-40,43,45-46,48,52,55,68H,4-6,13-15,22-24,29,32,35,38,41-42,44,47,49-51,53-54,56-67H2,1-3H3/b10-7-,11-8-,12-9-,19-16-,20-17-,21-18-,27-25-,28-26-,31-30-,34-33-,37-36-,40-39-,46-43-,48-45-,55-52-. The molecule has 0 spiro atoms. The van der Waals surface area contributed by atoms with Crippen molar-refractivity contribution in [3.05, 3.63) is 182 Å². The number of hydrogen-bond acceptors (Lipinski definition) is 6. The third-order valence-corrected chi connectivity index (χ3v) is 11.9. The highest BCUT2D eigenvalue weighted by Gasteiger charge is 2.19. The van der Waals surface area contributed by atoms with Crippen molar-refractivity contribution in [2.75, 3.05) is 13.2 Å². The molecule has 0 aromatic carbocycles. The predicted octanol–water partition coefficient (Wildman–Crippen LogP) is 20.9. The van der Waals surface area contributed by atoms with Crippen LogP contribution in [0.3, 0.4) is 0 Å². The van der Waals surface area contributed by atoms with Crippen molar-refractivity contribution in [1.29, 1.82) is 0 Å². The molecule has 0 N–H and O–H groups in total. The number of unbranched alkanes of at least 4 members (excludes halogenated alkanes) is 11. The molecule has 0 aliphatic rings. The van der Waals surface area contributed by atoms with Crippen LogP contribution < -0.4 is 0 Å². The number of carbonyl (C=O) groups is 3. The van der Waals surface area contributed by atoms with E-state index in [-0.39, 0.29) is 44.0 Å². The molecule has 0 heterocycles. The van der Waals surface area contributed by atoms with Crippen LogP contribution in [-0.2, 0) is 28.6 Å². The van der Waals surface area contributed by atoms with Crippen molar-refractivity contribution in [3.8, 4) is 0 Å². The van der Waals surface area contributed by atoms with Crippen LogP contribution in [0.4, 0.5) is 0 Å². The quantitative estimate of drug-likeness (QED) is 0.0261. The summed E-state index contributed by atoms with van der Waals surface area (Å²) in [5.41, 5.74) is 0. The van der Waals surface area contributed by atoms with Crippen LogP contribution in [0.15, 0.2) is 182 Å². The van der Waals surface area contributed by atoms with E-state index in [4.69, 9.17) is 14.2 Å². The van der Waals surface area contributed by atoms with Gasteiger partial charge in [-0.1, -0.05) is 242 Å². The van der Waals surface area contributed by atoms with Crippen molar-refractivity contribution in [1.82, 2.24) is 0 Å². The van der Waals surface area contributed by atoms with Gasteiger partial charge >= 0.3 is 17.9 Å². The van der Waals surface area contributed by atoms with Gasteiger partial charge in [0.15, 0.2) is 6.10 Å². The third-order valence-electron chi connectivity index (χ3n) is 11.9. The first-order valence-corrected chi connectivity index (χ1v) is 30.3. The van der Waals surface area contributed by atoms with Gasteiger partial charge < -0.3 is 14.2 Å². The number of rotatable bonds is 52. The maximum absolute atomic E-state index is 12.9. The van der Waals surface area contributed by atoms with Crippen LogP contribution in [0.5, 0.6) is 0 Å². The van der Waals surface area contributed by atoms with E-state index in [0.717, 1.165) is 161 Å². The summed E-state index contributed by atoms with van der Waals surface area (Å²) in [6, 6.07) is 0. The molecule has 0 bridgehead atoms. The Hall–Kier alpha value is -5.49. The molecule has 77 heavy (non-hydrogen) atoms. The van der Waals surface area contributed by atoms with Gasteiger partial charge in [-0.2, -0.15) is 0 Å². The molecule has 0 aromatic rings. The summed E-state index contributed by atoms with van der Waals surface area (Å²) < 4.78 is 16.8. The molecule has 0 saturated carbocycles. The molecule has 428 valence electrons. The first kappa shape index (κ1) is 71.5. The number of esters is 3. The molecule has 1 unspecified atom stereocenters. The predicted molar refractivity (Wildman–Crippen MR) is 334 cm³/mol. The number of carbonyl (C=O) groups excluding carboxylic acids is 3. The molecule has 0 radical (unpaired) electrons. The zero-order valence-corrected chi connectivity index (χ0v) is 48.9. The average molecular weight is 1060 g/mol. The van der Waals surface area contributed by atoms with Gasteiger partial charge in [-0.05, 0) is 148 Å². The molecule has 6 heteroatoms. The minimum atomic E-state index is -0.830. The van der Waals surface area contributed by atoms with Crippen LogP contribution in [0.2, 0.25) is 0 Å². The summed E-state index contributed by atoms with van der Waals surface area (Å²) in [7, 11) is 0. The number of hydrogen-bond donors (Lipinski definition) is 0. The second kappa shape index (κ2) is 63.0. The lowest BCUT2D eigenvalue weighted by atomic mass is 10.1. The lowest BCUT2D eigenvalue weighted by molar-refractivity contribution is -0.167. The zero-order valence-electron chi connectivity index (χ0n) is 48.9. The van der Waals surface area contributed by atoms with Gasteiger partial charge in [-0.3, -0.25) is 14.4 Å². The van der Waals surface area contributed by atoms with Crippen LogP contribution >= 0.6 is 0 Å². The Morgan fingerprint density at radius 1 is 0.260 bits per heavy atom. The minimum Gasteiger partial charge on any atom is -0.462 e. The van der Waals surface area contributed by atoms with E-state index in [1.807, 2.05) is 0 Å². The minimum absolute atomic E-state index is 0.125. The smallest absolute Gasteiger partial charge is 0.306 e. The molecule has 0 amide bonds. The molecule has 0 aliphatic heterocycles. The molecular formula is C71H108O6. The second-order valence-electron chi connectivity index (χ2n) is 19.1. The monoisotopic (exact) mass is 1060 g/mol. The van der Waals surface area contributed by atoms with Crippen molar-refractivity contribution in [2.24, 2.45) is 0 Å². The van der Waals surface area contributed by atoms with Gasteiger partial charge in [0.25, 0.3) is 0 Å². The highest BCUT2D eigenvalue weighted by atomic mass is 16.6. The van der Waals surface area contributed by atoms with E-state index in [1.54, 1.807) is 0 Å². The Bertz CT molecular complexity index is 1840. The van der Waals surface area contributed by atoms with E-state index in [9.17, 15) is 14.4 Å². The van der Waals surface area contributed by atoms with E-state index in [2.05, 4.69) is 203 Å². The normalized spacial score (nSPS) is 13.4. The first-order chi connectivity index (χ1) is 38.0. The summed E-state index contributed by atoms with van der Waals surface area (Å²) in [6.07, 6.45) is 94.7. The maximum atomic E-state index is 12.9. The fourth-order valence-electron chi connectivity index (χ4n) is 7.47. The van der Waals surface area contributed by atoms with E-state index in [1.165, 1.54) is 19.3 Å². The second-order valence-corrected chi connectivity index (χ2v) is 19.1. The van der Waals surface area contributed by atoms with Crippen LogP contribution in [0.1, 0.15) is 226 Å². The summed E-state index contributed by atoms with van der Waals surface area (Å²) in [5.74, 6) is -1.03. The van der Waals surface area contributed by atoms with Crippen LogP contribution in [0.25, 0.3) is 0 Å². The lowest BCUT2D eigenvalue weighted by Crippen LogP contribution is -2.30. The van der Waals surface area contributed by atoms with Crippen LogP contribution in [0, 0.1) is 0 Å². The number of ether oxygens (including phenoxy) is 3. The Morgan fingerprint density at radius 3 is 0.792 bits per heavy atom. The van der Waals surface area contributed by atoms with Gasteiger partial charge in [0.1, 0.15) is 13.2 Å². The largest absolute Gasteiger partial charge is 0.462 e. The molecule has 0 aromatic heterocycles. The van der Waals surface area contributed by atoms with Crippen molar-refractivity contribution >= 4 is 17.9 Å². The Kier molecular flexibility index (Phi) is 58.6. The first-order valence-electron chi connectivity index (χ1n) is 30.3. The molecule has 0 saturated heterocycles. The Morgan fingerprint density at radius 2 is 0.481 bits per heavy atom. The molecular weight excluding hydrogens is 949 g/mol. The Labute approximate surface area is 472 Å². The summed E-state index contributed by atoms with van der Waals surface area (Å²) in [5, 5.41) is 0. The van der Waals surface area contributed by atoms with Crippen LogP contribution in [-0.4, -0.2) is 37.2 Å². The summed E-state index contributed by atoms with van der Waals surface area (Å²) in [4.78, 5) is 38.2. The SMILES string of the molecule is CC/C=C\C/C=C\C/C=C\C/C=C\C/C=C\C/C=C\C/C=C\C/C=C\C/C=C\CCCC(=O)OCC(COC(=O)CCCCC/C=C\C/C=C\C/C=C\CC)OC(=O)CCCCCCCCC/C=C\C/C=C\C/C=C\CC. The fraction of sp³-hybridized carbons (Fsp3) is 0.535. The highest BCUT2D eigenvalue weighted by Crippen LogP contribution is 2.13. The average Bonchev–Trinajstić information content (AvgIpc) is 3.43. The molecule has 6 nitrogen and oxygen atoms in total. The molecule has 0 fully saturated rings. The van der Waals surface area contributed by atoms with E-state index >= 15 is 0 Å². The molecule has 0 rings (SSSR count). The summed E-state index contributed by atoms with van der Waals surface area (Å²) >= 11 is 0. The van der Waals surface area contributed by atoms with E-state index in [0.29, 0.717) is 12.8 Å². The van der Waals surface area contributed by atoms with Crippen molar-refractivity contribution in [2.45, 2.75) is 232 Å². The third kappa shape index (κ3) is 61.2. The highest BCUT2D eigenvalue weighted by molar-refractivity contribution is 5.71. The lowest BCUT2D eigenvalue weighted by Gasteiger charge is -2.18. The molecule has 1 atom stereocenters. The maximum Gasteiger partial charge on any atom is 0.306 e. The van der Waals surface area contributed by atoms with Gasteiger partial charge in [-0.25, -0.2) is 0 Å². The molecule has 0 aliphatic carbocycles. The van der Waals surface area contributed by atoms with Crippen molar-refractivity contribution < 1.29 is 28.6 Å². The van der Waals surface area contributed by atoms with Gasteiger partial charge in [-0.15, -0.1) is 0 Å². The topological polar surface area (TPSA) is 78.9 Å². The fourth-order valence-corrected chi connectivity index (χ4v) is 7.47. The Balaban J connectivity index is 4.50. The zero-order chi connectivity index (χ0) is 55.7. The van der Waals surface area contributed by atoms with Gasteiger partial charge in [0.05, 0.1) is 0 Å².